The Morgan fingerprint density at radius 2 is 1.69 bits per heavy atom. The van der Waals surface area contributed by atoms with E-state index in [1.54, 1.807) is 22.6 Å². The number of anilines is 1. The monoisotopic (exact) mass is 743 g/mol. The topological polar surface area (TPSA) is 99.5 Å². The summed E-state index contributed by atoms with van der Waals surface area (Å²) in [6.45, 7) is -0.166. The van der Waals surface area contributed by atoms with Crippen LogP contribution >= 0.6 is 23.2 Å². The molecule has 0 unspecified atom stereocenters. The van der Waals surface area contributed by atoms with Gasteiger partial charge in [-0.1, -0.05) is 29.3 Å². The minimum Gasteiger partial charge on any atom is -0.373 e. The number of nitrogens with one attached hydrogen (secondary N) is 2. The number of carbonyl (C=O) groups excluding carboxylic acids is 2. The molecule has 8 nitrogen and oxygen atoms in total. The van der Waals surface area contributed by atoms with E-state index in [0.717, 1.165) is 0 Å². The highest BCUT2D eigenvalue weighted by atomic mass is 35.5. The molecule has 1 aromatic heterocycles. The molecule has 3 N–H and O–H groups in total. The molecule has 2 amide bonds. The lowest BCUT2D eigenvalue weighted by atomic mass is 9.88. The molecule has 1 saturated carbocycles. The maximum atomic E-state index is 13.5. The number of imidazole rings is 1. The molecule has 1 aliphatic carbocycles. The number of piperidine rings is 1. The van der Waals surface area contributed by atoms with Gasteiger partial charge in [-0.25, -0.2) is 13.8 Å². The highest BCUT2D eigenvalue weighted by Crippen LogP contribution is 2.40. The Labute approximate surface area is 284 Å². The number of benzene rings is 2. The minimum atomic E-state index is -5.22. The van der Waals surface area contributed by atoms with Crippen LogP contribution in [0.5, 0.6) is 0 Å². The van der Waals surface area contributed by atoms with Gasteiger partial charge in [0.15, 0.2) is 0 Å². The molecule has 2 aromatic carbocycles. The van der Waals surface area contributed by atoms with Crippen LogP contribution in [0.3, 0.4) is 0 Å². The van der Waals surface area contributed by atoms with Crippen LogP contribution in [0.15, 0.2) is 24.3 Å². The van der Waals surface area contributed by atoms with Gasteiger partial charge in [0.25, 0.3) is 17.7 Å². The summed E-state index contributed by atoms with van der Waals surface area (Å²) in [5.41, 5.74) is -1.99. The molecule has 0 radical (unpaired) electrons. The third-order valence-electron chi connectivity index (χ3n) is 9.09. The van der Waals surface area contributed by atoms with E-state index in [0.29, 0.717) is 35.0 Å². The van der Waals surface area contributed by atoms with Crippen molar-refractivity contribution in [2.24, 2.45) is 13.0 Å². The minimum absolute atomic E-state index is 0.00484. The van der Waals surface area contributed by atoms with Crippen LogP contribution in [0.1, 0.15) is 59.9 Å². The van der Waals surface area contributed by atoms with Crippen molar-refractivity contribution in [2.45, 2.75) is 75.5 Å². The van der Waals surface area contributed by atoms with Crippen LogP contribution in [0, 0.1) is 5.92 Å². The highest BCUT2D eigenvalue weighted by molar-refractivity contribution is 6.36. The van der Waals surface area contributed by atoms with Crippen LogP contribution in [0.2, 0.25) is 10.0 Å². The van der Waals surface area contributed by atoms with Gasteiger partial charge in [0.1, 0.15) is 5.82 Å². The van der Waals surface area contributed by atoms with Crippen molar-refractivity contribution in [3.8, 4) is 0 Å². The molecule has 268 valence electrons. The summed E-state index contributed by atoms with van der Waals surface area (Å²) in [7, 11) is 1.64. The standard InChI is InChI=1S/C31H31Cl2F8N5O3/c1-28(49,31(39,40)41)27(48)42-14-15-3-4-20(32)18(25(15)33)10-24-44-21-9-19(26(47)43-17-12-29(34,35)13-17)22(11-23(21)45(24)2)46-7-5-16(6-8-46)30(36,37)38/h3-4,9,11,16-17,49H,5-8,10,12-14H2,1-2H3,(H,42,48)(H,43,47)/t28-/m1/s1. The van der Waals surface area contributed by atoms with Crippen LogP contribution in [0.4, 0.5) is 40.8 Å². The molecule has 2 heterocycles. The Bertz CT molecular complexity index is 1760. The second-order valence-corrected chi connectivity index (χ2v) is 13.4. The summed E-state index contributed by atoms with van der Waals surface area (Å²) in [5, 5.41) is 14.4. The summed E-state index contributed by atoms with van der Waals surface area (Å²) in [6.07, 6.45) is -11.1. The predicted octanol–water partition coefficient (Wildman–Crippen LogP) is 6.71. The molecule has 3 aromatic rings. The first-order valence-corrected chi connectivity index (χ1v) is 15.9. The zero-order valence-electron chi connectivity index (χ0n) is 26.0. The lowest BCUT2D eigenvalue weighted by Crippen LogP contribution is -2.54. The molecule has 1 aliphatic heterocycles. The first-order chi connectivity index (χ1) is 22.6. The average molecular weight is 745 g/mol. The fourth-order valence-corrected chi connectivity index (χ4v) is 6.50. The number of aliphatic hydroxyl groups is 1. The van der Waals surface area contributed by atoms with Gasteiger partial charge < -0.3 is 25.2 Å². The van der Waals surface area contributed by atoms with Crippen molar-refractivity contribution in [1.29, 1.82) is 0 Å². The zero-order chi connectivity index (χ0) is 36.3. The van der Waals surface area contributed by atoms with Crippen molar-refractivity contribution in [3.63, 3.8) is 0 Å². The normalized spacial score (nSPS) is 18.7. The molecule has 49 heavy (non-hydrogen) atoms. The maximum Gasteiger partial charge on any atom is 0.426 e. The van der Waals surface area contributed by atoms with E-state index in [9.17, 15) is 49.8 Å². The van der Waals surface area contributed by atoms with Gasteiger partial charge in [-0.15, -0.1) is 0 Å². The maximum absolute atomic E-state index is 13.5. The largest absolute Gasteiger partial charge is 0.426 e. The summed E-state index contributed by atoms with van der Waals surface area (Å²) in [4.78, 5) is 31.7. The van der Waals surface area contributed by atoms with Crippen LogP contribution in [-0.2, 0) is 24.8 Å². The number of aryl methyl sites for hydroxylation is 1. The quantitative estimate of drug-likeness (QED) is 0.223. The molecule has 0 bridgehead atoms. The van der Waals surface area contributed by atoms with E-state index >= 15 is 0 Å². The molecule has 1 atom stereocenters. The van der Waals surface area contributed by atoms with Crippen molar-refractivity contribution in [3.05, 3.63) is 56.8 Å². The third-order valence-corrected chi connectivity index (χ3v) is 9.92. The first kappa shape index (κ1) is 36.9. The molecule has 1 saturated heterocycles. The number of rotatable bonds is 8. The van der Waals surface area contributed by atoms with Gasteiger partial charge in [-0.05, 0) is 49.1 Å². The summed E-state index contributed by atoms with van der Waals surface area (Å²) in [6, 6.07) is 5.08. The molecular weight excluding hydrogens is 713 g/mol. The Hall–Kier alpha value is -3.37. The first-order valence-electron chi connectivity index (χ1n) is 15.1. The van der Waals surface area contributed by atoms with Gasteiger partial charge in [0, 0.05) is 57.0 Å². The van der Waals surface area contributed by atoms with Crippen LogP contribution in [-0.4, -0.2) is 69.5 Å². The highest BCUT2D eigenvalue weighted by Gasteiger charge is 2.55. The SMILES string of the molecule is Cn1c(Cc2c(Cl)ccc(CNC(=O)[C@@](C)(O)C(F)(F)F)c2Cl)nc2cc(C(=O)NC3CC(F)(F)C3)c(N3CCC(C(F)(F)F)CC3)cc21. The number of nitrogens with zero attached hydrogens (tertiary/aromatic N) is 3. The second kappa shape index (κ2) is 13.1. The van der Waals surface area contributed by atoms with Crippen LogP contribution in [0.25, 0.3) is 11.0 Å². The van der Waals surface area contributed by atoms with E-state index in [1.165, 1.54) is 18.2 Å². The Morgan fingerprint density at radius 3 is 2.27 bits per heavy atom. The van der Waals surface area contributed by atoms with Crippen molar-refractivity contribution in [2.75, 3.05) is 18.0 Å². The average Bonchev–Trinajstić information content (AvgIpc) is 3.29. The number of carbonyl (C=O) groups is 2. The van der Waals surface area contributed by atoms with E-state index in [4.69, 9.17) is 23.2 Å². The summed E-state index contributed by atoms with van der Waals surface area (Å²) >= 11 is 13.0. The van der Waals surface area contributed by atoms with Gasteiger partial charge in [0.2, 0.25) is 5.60 Å². The fraction of sp³-hybridized carbons (Fsp3) is 0.516. The van der Waals surface area contributed by atoms with Gasteiger partial charge in [-0.2, -0.15) is 26.3 Å². The lowest BCUT2D eigenvalue weighted by molar-refractivity contribution is -0.245. The lowest BCUT2D eigenvalue weighted by Gasteiger charge is -2.37. The molecule has 5 rings (SSSR count). The fourth-order valence-electron chi connectivity index (χ4n) is 5.93. The molecule has 0 spiro atoms. The number of amides is 2. The van der Waals surface area contributed by atoms with Crippen molar-refractivity contribution < 1.29 is 49.8 Å². The zero-order valence-corrected chi connectivity index (χ0v) is 27.5. The van der Waals surface area contributed by atoms with E-state index in [-0.39, 0.29) is 53.5 Å². The van der Waals surface area contributed by atoms with E-state index in [2.05, 4.69) is 10.3 Å². The van der Waals surface area contributed by atoms with Gasteiger partial charge in [0.05, 0.1) is 33.2 Å². The summed E-state index contributed by atoms with van der Waals surface area (Å²) in [5.74, 6) is -6.40. The smallest absolute Gasteiger partial charge is 0.373 e. The van der Waals surface area contributed by atoms with Crippen molar-refractivity contribution >= 4 is 51.7 Å². The Balaban J connectivity index is 1.45. The molecule has 2 fully saturated rings. The van der Waals surface area contributed by atoms with E-state index < -0.39 is 67.0 Å². The van der Waals surface area contributed by atoms with Crippen LogP contribution < -0.4 is 15.5 Å². The Morgan fingerprint density at radius 1 is 1.06 bits per heavy atom. The number of aromatic nitrogens is 2. The number of alkyl halides is 8. The molecule has 18 heteroatoms. The third kappa shape index (κ3) is 7.55. The molecule has 2 aliphatic rings. The summed E-state index contributed by atoms with van der Waals surface area (Å²) < 4.78 is 108. The Kier molecular flexibility index (Phi) is 9.84. The number of halogens is 10. The number of hydrogen-bond acceptors (Lipinski definition) is 5. The second-order valence-electron chi connectivity index (χ2n) is 12.6. The molecular formula is C31H31Cl2F8N5O3. The number of fused-ring (bicyclic) bond motifs is 1. The predicted molar refractivity (Wildman–Crippen MR) is 165 cm³/mol. The number of hydrogen-bond donors (Lipinski definition) is 3. The van der Waals surface area contributed by atoms with E-state index in [1.807, 2.05) is 5.32 Å². The van der Waals surface area contributed by atoms with Crippen molar-refractivity contribution in [1.82, 2.24) is 20.2 Å². The van der Waals surface area contributed by atoms with Gasteiger partial charge in [-0.3, -0.25) is 9.59 Å². The van der Waals surface area contributed by atoms with Gasteiger partial charge >= 0.3 is 12.4 Å².